The number of benzene rings is 1. The summed E-state index contributed by atoms with van der Waals surface area (Å²) < 4.78 is 51.0. The number of alkyl halides is 3. The molecule has 0 amide bonds. The number of imidazole rings is 1. The Morgan fingerprint density at radius 3 is 2.48 bits per heavy atom. The predicted octanol–water partition coefficient (Wildman–Crippen LogP) is 5.05. The SMILES string of the molecule is Cc1cc(-c2nc(-c3ccc(OC(F)F)c(C)c3)n3c2CCO[C@H](CF)C3)cc(C)n1. The molecule has 0 spiro atoms. The number of fused-ring (bicyclic) bond motifs is 1. The second kappa shape index (κ2) is 8.70. The molecule has 5 nitrogen and oxygen atoms in total. The van der Waals surface area contributed by atoms with E-state index in [0.29, 0.717) is 31.0 Å². The Bertz CT molecular complexity index is 1080. The lowest BCUT2D eigenvalue weighted by Crippen LogP contribution is -2.21. The standard InChI is InChI=1S/C23H24F3N3O2/c1-13-8-16(4-5-20(13)31-23(25)26)22-28-21(17-9-14(2)27-15(3)10-17)19-6-7-30-18(11-24)12-29(19)22/h4-5,8-10,18,23H,6-7,11-12H2,1-3H3/t18-/m1/s1. The van der Waals surface area contributed by atoms with E-state index >= 15 is 0 Å². The van der Waals surface area contributed by atoms with Gasteiger partial charge in [0.2, 0.25) is 0 Å². The first kappa shape index (κ1) is 21.4. The zero-order chi connectivity index (χ0) is 22.1. The Kier molecular flexibility index (Phi) is 6.00. The van der Waals surface area contributed by atoms with Crippen LogP contribution in [0.2, 0.25) is 0 Å². The van der Waals surface area contributed by atoms with E-state index in [1.807, 2.05) is 30.5 Å². The lowest BCUT2D eigenvalue weighted by Gasteiger charge is -2.15. The lowest BCUT2D eigenvalue weighted by atomic mass is 10.1. The summed E-state index contributed by atoms with van der Waals surface area (Å²) in [4.78, 5) is 9.37. The minimum atomic E-state index is -2.89. The zero-order valence-corrected chi connectivity index (χ0v) is 17.7. The van der Waals surface area contributed by atoms with Crippen LogP contribution in [0, 0.1) is 20.8 Å². The van der Waals surface area contributed by atoms with Gasteiger partial charge in [-0.25, -0.2) is 9.37 Å². The molecule has 1 aliphatic heterocycles. The minimum absolute atomic E-state index is 0.118. The lowest BCUT2D eigenvalue weighted by molar-refractivity contribution is -0.0502. The molecule has 1 atom stereocenters. The molecule has 31 heavy (non-hydrogen) atoms. The number of nitrogens with zero attached hydrogens (tertiary/aromatic N) is 3. The van der Waals surface area contributed by atoms with Crippen molar-refractivity contribution in [1.82, 2.24) is 14.5 Å². The summed E-state index contributed by atoms with van der Waals surface area (Å²) in [5, 5.41) is 0. The second-order valence-corrected chi connectivity index (χ2v) is 7.74. The molecule has 0 bridgehead atoms. The number of aromatic nitrogens is 3. The van der Waals surface area contributed by atoms with Crippen LogP contribution in [-0.4, -0.2) is 40.5 Å². The first-order valence-corrected chi connectivity index (χ1v) is 10.1. The molecular weight excluding hydrogens is 407 g/mol. The van der Waals surface area contributed by atoms with Crippen molar-refractivity contribution < 1.29 is 22.6 Å². The van der Waals surface area contributed by atoms with Gasteiger partial charge in [-0.1, -0.05) is 0 Å². The number of pyridine rings is 1. The van der Waals surface area contributed by atoms with Gasteiger partial charge >= 0.3 is 6.61 Å². The zero-order valence-electron chi connectivity index (χ0n) is 17.7. The number of aryl methyl sites for hydroxylation is 3. The Balaban J connectivity index is 1.86. The number of hydrogen-bond acceptors (Lipinski definition) is 4. The molecule has 0 N–H and O–H groups in total. The first-order chi connectivity index (χ1) is 14.9. The van der Waals surface area contributed by atoms with Crippen molar-refractivity contribution in [2.45, 2.75) is 46.5 Å². The van der Waals surface area contributed by atoms with Crippen LogP contribution in [0.15, 0.2) is 30.3 Å². The quantitative estimate of drug-likeness (QED) is 0.567. The highest BCUT2D eigenvalue weighted by atomic mass is 19.3. The van der Waals surface area contributed by atoms with Crippen LogP contribution in [0.4, 0.5) is 13.2 Å². The summed E-state index contributed by atoms with van der Waals surface area (Å²) in [6, 6.07) is 8.92. The predicted molar refractivity (Wildman–Crippen MR) is 111 cm³/mol. The molecule has 2 aromatic heterocycles. The first-order valence-electron chi connectivity index (χ1n) is 10.1. The highest BCUT2D eigenvalue weighted by Crippen LogP contribution is 2.34. The van der Waals surface area contributed by atoms with E-state index in [1.165, 1.54) is 6.07 Å². The molecule has 0 unspecified atom stereocenters. The maximum absolute atomic E-state index is 13.5. The van der Waals surface area contributed by atoms with Gasteiger partial charge in [0.25, 0.3) is 0 Å². The highest BCUT2D eigenvalue weighted by molar-refractivity contribution is 5.70. The van der Waals surface area contributed by atoms with Gasteiger partial charge in [-0.3, -0.25) is 4.98 Å². The van der Waals surface area contributed by atoms with E-state index in [0.717, 1.165) is 33.9 Å². The van der Waals surface area contributed by atoms with Gasteiger partial charge < -0.3 is 14.0 Å². The smallest absolute Gasteiger partial charge is 0.387 e. The van der Waals surface area contributed by atoms with Crippen LogP contribution in [0.25, 0.3) is 22.6 Å². The maximum Gasteiger partial charge on any atom is 0.387 e. The van der Waals surface area contributed by atoms with Gasteiger partial charge in [-0.05, 0) is 56.7 Å². The van der Waals surface area contributed by atoms with Gasteiger partial charge in [-0.2, -0.15) is 8.78 Å². The summed E-state index contributed by atoms with van der Waals surface area (Å²) in [7, 11) is 0. The molecule has 0 saturated heterocycles. The molecule has 0 radical (unpaired) electrons. The third kappa shape index (κ3) is 4.44. The topological polar surface area (TPSA) is 49.2 Å². The molecule has 3 aromatic rings. The van der Waals surface area contributed by atoms with Gasteiger partial charge in [0.05, 0.1) is 18.8 Å². The van der Waals surface area contributed by atoms with Crippen LogP contribution in [0.1, 0.15) is 22.6 Å². The highest BCUT2D eigenvalue weighted by Gasteiger charge is 2.26. The fourth-order valence-electron chi connectivity index (χ4n) is 4.05. The molecular formula is C23H24F3N3O2. The van der Waals surface area contributed by atoms with Crippen LogP contribution in [0.3, 0.4) is 0 Å². The van der Waals surface area contributed by atoms with E-state index in [-0.39, 0.29) is 5.75 Å². The van der Waals surface area contributed by atoms with Crippen molar-refractivity contribution in [3.05, 3.63) is 53.0 Å². The van der Waals surface area contributed by atoms with E-state index in [2.05, 4.69) is 9.72 Å². The molecule has 1 aromatic carbocycles. The van der Waals surface area contributed by atoms with E-state index in [4.69, 9.17) is 9.72 Å². The van der Waals surface area contributed by atoms with Gasteiger partial charge in [0.1, 0.15) is 24.4 Å². The van der Waals surface area contributed by atoms with Crippen LogP contribution in [-0.2, 0) is 17.7 Å². The summed E-state index contributed by atoms with van der Waals surface area (Å²) in [5.74, 6) is 0.764. The molecule has 3 heterocycles. The van der Waals surface area contributed by atoms with Crippen LogP contribution in [0.5, 0.6) is 5.75 Å². The third-order valence-corrected chi connectivity index (χ3v) is 5.33. The van der Waals surface area contributed by atoms with Gasteiger partial charge in [0, 0.05) is 34.6 Å². The average Bonchev–Trinajstić information content (AvgIpc) is 2.92. The van der Waals surface area contributed by atoms with Crippen molar-refractivity contribution in [2.24, 2.45) is 0 Å². The second-order valence-electron chi connectivity index (χ2n) is 7.74. The van der Waals surface area contributed by atoms with E-state index in [9.17, 15) is 13.2 Å². The Morgan fingerprint density at radius 1 is 1.10 bits per heavy atom. The monoisotopic (exact) mass is 431 g/mol. The number of rotatable bonds is 5. The number of halogens is 3. The summed E-state index contributed by atoms with van der Waals surface area (Å²) in [6.45, 7) is 2.80. The number of hydrogen-bond donors (Lipinski definition) is 0. The van der Waals surface area contributed by atoms with Crippen molar-refractivity contribution in [2.75, 3.05) is 13.3 Å². The Morgan fingerprint density at radius 2 is 1.84 bits per heavy atom. The molecule has 0 fully saturated rings. The normalized spacial score (nSPS) is 16.3. The molecule has 0 aliphatic carbocycles. The summed E-state index contributed by atoms with van der Waals surface area (Å²) in [6.07, 6.45) is 0.0238. The molecule has 164 valence electrons. The molecule has 8 heteroatoms. The van der Waals surface area contributed by atoms with Gasteiger partial charge in [0.15, 0.2) is 0 Å². The van der Waals surface area contributed by atoms with Crippen LogP contribution < -0.4 is 4.74 Å². The number of ether oxygens (including phenoxy) is 2. The Hall–Kier alpha value is -2.87. The Labute approximate surface area is 178 Å². The molecule has 4 rings (SSSR count). The van der Waals surface area contributed by atoms with E-state index in [1.54, 1.807) is 19.1 Å². The summed E-state index contributed by atoms with van der Waals surface area (Å²) in [5.41, 5.74) is 5.78. The van der Waals surface area contributed by atoms with Crippen LogP contribution >= 0.6 is 0 Å². The van der Waals surface area contributed by atoms with Crippen molar-refractivity contribution in [3.8, 4) is 28.4 Å². The van der Waals surface area contributed by atoms with E-state index < -0.39 is 19.4 Å². The van der Waals surface area contributed by atoms with Gasteiger partial charge in [-0.15, -0.1) is 0 Å². The van der Waals surface area contributed by atoms with Crippen molar-refractivity contribution >= 4 is 0 Å². The van der Waals surface area contributed by atoms with Crippen molar-refractivity contribution in [1.29, 1.82) is 0 Å². The largest absolute Gasteiger partial charge is 0.435 e. The fourth-order valence-corrected chi connectivity index (χ4v) is 4.05. The average molecular weight is 431 g/mol. The third-order valence-electron chi connectivity index (χ3n) is 5.33. The summed E-state index contributed by atoms with van der Waals surface area (Å²) >= 11 is 0. The van der Waals surface area contributed by atoms with Crippen molar-refractivity contribution in [3.63, 3.8) is 0 Å². The maximum atomic E-state index is 13.5. The minimum Gasteiger partial charge on any atom is -0.435 e. The molecule has 1 aliphatic rings. The fraction of sp³-hybridized carbons (Fsp3) is 0.391. The molecule has 0 saturated carbocycles.